The molecule has 0 spiro atoms. The highest BCUT2D eigenvalue weighted by Crippen LogP contribution is 2.29. The molecule has 1 aliphatic heterocycles. The molecule has 0 bridgehead atoms. The summed E-state index contributed by atoms with van der Waals surface area (Å²) in [5.74, 6) is -0.267. The molecule has 2 amide bonds. The number of para-hydroxylation sites is 1. The smallest absolute Gasteiger partial charge is 0.270 e. The van der Waals surface area contributed by atoms with Crippen molar-refractivity contribution in [3.8, 4) is 0 Å². The van der Waals surface area contributed by atoms with E-state index in [0.717, 1.165) is 25.9 Å². The number of amides is 2. The molecule has 1 fully saturated rings. The van der Waals surface area contributed by atoms with E-state index < -0.39 is 10.8 Å². The number of benzene rings is 2. The molecule has 1 heterocycles. The van der Waals surface area contributed by atoms with Gasteiger partial charge >= 0.3 is 0 Å². The fourth-order valence-electron chi connectivity index (χ4n) is 3.33. The van der Waals surface area contributed by atoms with Gasteiger partial charge in [-0.05, 0) is 37.0 Å². The van der Waals surface area contributed by atoms with Crippen molar-refractivity contribution in [2.75, 3.05) is 29.9 Å². The number of hydrogen-bond donors (Lipinski definition) is 2. The summed E-state index contributed by atoms with van der Waals surface area (Å²) in [5, 5.41) is 16.4. The molecular weight excluding hydrogens is 372 g/mol. The third kappa shape index (κ3) is 5.31. The van der Waals surface area contributed by atoms with Gasteiger partial charge in [0.25, 0.3) is 11.6 Å². The number of nitro groups is 1. The summed E-state index contributed by atoms with van der Waals surface area (Å²) in [4.78, 5) is 37.6. The number of carbonyl (C=O) groups is 2. The number of piperidine rings is 1. The van der Waals surface area contributed by atoms with Crippen molar-refractivity contribution >= 4 is 28.9 Å². The van der Waals surface area contributed by atoms with E-state index in [-0.39, 0.29) is 23.7 Å². The molecule has 8 heteroatoms. The minimum absolute atomic E-state index is 0.155. The van der Waals surface area contributed by atoms with Crippen LogP contribution in [0.4, 0.5) is 17.1 Å². The Kier molecular flexibility index (Phi) is 6.43. The van der Waals surface area contributed by atoms with Crippen LogP contribution in [0.2, 0.25) is 0 Å². The van der Waals surface area contributed by atoms with Gasteiger partial charge in [-0.3, -0.25) is 19.7 Å². The van der Waals surface area contributed by atoms with Gasteiger partial charge in [-0.15, -0.1) is 0 Å². The number of rotatable bonds is 6. The van der Waals surface area contributed by atoms with E-state index in [0.29, 0.717) is 17.3 Å². The number of nitrogens with one attached hydrogen (secondary N) is 2. The minimum Gasteiger partial charge on any atom is -0.371 e. The van der Waals surface area contributed by atoms with Gasteiger partial charge in [-0.2, -0.15) is 0 Å². The lowest BCUT2D eigenvalue weighted by molar-refractivity contribution is -0.384. The van der Waals surface area contributed by atoms with Crippen molar-refractivity contribution in [2.24, 2.45) is 5.92 Å². The highest BCUT2D eigenvalue weighted by molar-refractivity contribution is 6.03. The van der Waals surface area contributed by atoms with E-state index in [1.165, 1.54) is 12.1 Å². The van der Waals surface area contributed by atoms with Crippen molar-refractivity contribution in [1.29, 1.82) is 0 Å². The minimum atomic E-state index is -0.527. The molecule has 0 aliphatic carbocycles. The van der Waals surface area contributed by atoms with Crippen LogP contribution in [0.5, 0.6) is 0 Å². The average Bonchev–Trinajstić information content (AvgIpc) is 2.73. The average molecular weight is 396 g/mol. The first-order valence-electron chi connectivity index (χ1n) is 9.60. The summed E-state index contributed by atoms with van der Waals surface area (Å²) in [5.41, 5.74) is 1.34. The number of anilines is 2. The van der Waals surface area contributed by atoms with Crippen molar-refractivity contribution in [3.63, 3.8) is 0 Å². The second-order valence-electron chi connectivity index (χ2n) is 7.23. The molecule has 1 aliphatic rings. The normalized spacial score (nSPS) is 14.3. The Bertz CT molecular complexity index is 893. The van der Waals surface area contributed by atoms with Gasteiger partial charge in [-0.25, -0.2) is 0 Å². The molecule has 152 valence electrons. The van der Waals surface area contributed by atoms with Crippen LogP contribution in [-0.4, -0.2) is 36.4 Å². The van der Waals surface area contributed by atoms with E-state index in [2.05, 4.69) is 22.5 Å². The molecule has 2 aromatic carbocycles. The van der Waals surface area contributed by atoms with Crippen LogP contribution < -0.4 is 15.5 Å². The number of carbonyl (C=O) groups excluding carboxylic acids is 2. The maximum atomic E-state index is 12.8. The van der Waals surface area contributed by atoms with Crippen molar-refractivity contribution in [2.45, 2.75) is 19.8 Å². The van der Waals surface area contributed by atoms with Gasteiger partial charge in [0.1, 0.15) is 0 Å². The third-order valence-electron chi connectivity index (χ3n) is 5.03. The Hall–Kier alpha value is -3.42. The van der Waals surface area contributed by atoms with Crippen LogP contribution >= 0.6 is 0 Å². The molecule has 2 N–H and O–H groups in total. The Morgan fingerprint density at radius 1 is 1.14 bits per heavy atom. The van der Waals surface area contributed by atoms with E-state index in [1.807, 2.05) is 6.07 Å². The Balaban J connectivity index is 1.72. The van der Waals surface area contributed by atoms with E-state index >= 15 is 0 Å². The van der Waals surface area contributed by atoms with Crippen molar-refractivity contribution in [3.05, 3.63) is 64.2 Å². The molecule has 29 heavy (non-hydrogen) atoms. The molecule has 1 saturated heterocycles. The molecule has 3 rings (SSSR count). The van der Waals surface area contributed by atoms with Crippen molar-refractivity contribution in [1.82, 2.24) is 5.32 Å². The van der Waals surface area contributed by atoms with Crippen LogP contribution in [0, 0.1) is 16.0 Å². The molecule has 0 aromatic heterocycles. The molecular formula is C21H24N4O4. The molecule has 0 unspecified atom stereocenters. The summed E-state index contributed by atoms with van der Waals surface area (Å²) < 4.78 is 0. The van der Waals surface area contributed by atoms with Gasteiger partial charge < -0.3 is 15.5 Å². The largest absolute Gasteiger partial charge is 0.371 e. The second kappa shape index (κ2) is 9.18. The number of nitro benzene ring substituents is 1. The quantitative estimate of drug-likeness (QED) is 0.576. The van der Waals surface area contributed by atoms with Crippen LogP contribution in [0.25, 0.3) is 0 Å². The molecule has 0 saturated carbocycles. The summed E-state index contributed by atoms with van der Waals surface area (Å²) >= 11 is 0. The SMILES string of the molecule is CC1CCN(c2ccc([N+](=O)[O-])cc2C(=O)NCC(=O)Nc2ccccc2)CC1. The second-order valence-corrected chi connectivity index (χ2v) is 7.23. The standard InChI is InChI=1S/C21H24N4O4/c1-15-9-11-24(12-10-15)19-8-7-17(25(28)29)13-18(19)21(27)22-14-20(26)23-16-5-3-2-4-6-16/h2-8,13,15H,9-12,14H2,1H3,(H,22,27)(H,23,26). The highest BCUT2D eigenvalue weighted by Gasteiger charge is 2.23. The first kappa shape index (κ1) is 20.3. The summed E-state index contributed by atoms with van der Waals surface area (Å²) in [7, 11) is 0. The Morgan fingerprint density at radius 2 is 1.83 bits per heavy atom. The number of non-ortho nitro benzene ring substituents is 1. The maximum Gasteiger partial charge on any atom is 0.270 e. The van der Waals surface area contributed by atoms with Gasteiger partial charge in [-0.1, -0.05) is 25.1 Å². The highest BCUT2D eigenvalue weighted by atomic mass is 16.6. The predicted octanol–water partition coefficient (Wildman–Crippen LogP) is 3.20. The zero-order valence-corrected chi connectivity index (χ0v) is 16.3. The van der Waals surface area contributed by atoms with Gasteiger partial charge in [0, 0.05) is 30.9 Å². The first-order chi connectivity index (χ1) is 13.9. The number of nitrogens with zero attached hydrogens (tertiary/aromatic N) is 2. The number of hydrogen-bond acceptors (Lipinski definition) is 5. The molecule has 0 radical (unpaired) electrons. The zero-order valence-electron chi connectivity index (χ0n) is 16.3. The van der Waals surface area contributed by atoms with Gasteiger partial charge in [0.2, 0.25) is 5.91 Å². The van der Waals surface area contributed by atoms with Crippen molar-refractivity contribution < 1.29 is 14.5 Å². The van der Waals surface area contributed by atoms with Crippen LogP contribution in [-0.2, 0) is 4.79 Å². The zero-order chi connectivity index (χ0) is 20.8. The van der Waals surface area contributed by atoms with Crippen LogP contribution in [0.15, 0.2) is 48.5 Å². The lowest BCUT2D eigenvalue weighted by Crippen LogP contribution is -2.36. The van der Waals surface area contributed by atoms with E-state index in [1.54, 1.807) is 30.3 Å². The fraction of sp³-hybridized carbons (Fsp3) is 0.333. The predicted molar refractivity (Wildman–Crippen MR) is 111 cm³/mol. The van der Waals surface area contributed by atoms with Crippen LogP contribution in [0.3, 0.4) is 0 Å². The van der Waals surface area contributed by atoms with Gasteiger partial charge in [0.05, 0.1) is 22.7 Å². The molecule has 2 aromatic rings. The van der Waals surface area contributed by atoms with E-state index in [4.69, 9.17) is 0 Å². The maximum absolute atomic E-state index is 12.8. The summed E-state index contributed by atoms with van der Waals surface area (Å²) in [6.07, 6.45) is 2.00. The lowest BCUT2D eigenvalue weighted by atomic mass is 9.98. The third-order valence-corrected chi connectivity index (χ3v) is 5.03. The fourth-order valence-corrected chi connectivity index (χ4v) is 3.33. The summed E-state index contributed by atoms with van der Waals surface area (Å²) in [6.45, 7) is 3.53. The lowest BCUT2D eigenvalue weighted by Gasteiger charge is -2.33. The molecule has 8 nitrogen and oxygen atoms in total. The molecule has 0 atom stereocenters. The van der Waals surface area contributed by atoms with Crippen LogP contribution in [0.1, 0.15) is 30.1 Å². The van der Waals surface area contributed by atoms with E-state index in [9.17, 15) is 19.7 Å². The summed E-state index contributed by atoms with van der Waals surface area (Å²) in [6, 6.07) is 13.2. The topological polar surface area (TPSA) is 105 Å². The monoisotopic (exact) mass is 396 g/mol. The first-order valence-corrected chi connectivity index (χ1v) is 9.60. The Labute approximate surface area is 169 Å². The Morgan fingerprint density at radius 3 is 2.48 bits per heavy atom. The van der Waals surface area contributed by atoms with Gasteiger partial charge in [0.15, 0.2) is 0 Å².